The molecular weight excluding hydrogens is 375 g/mol. The van der Waals surface area contributed by atoms with Gasteiger partial charge in [0.1, 0.15) is 18.0 Å². The van der Waals surface area contributed by atoms with E-state index < -0.39 is 0 Å². The first kappa shape index (κ1) is 16.3. The Morgan fingerprint density at radius 3 is 2.71 bits per heavy atom. The van der Waals surface area contributed by atoms with Crippen molar-refractivity contribution in [2.75, 3.05) is 17.2 Å². The van der Waals surface area contributed by atoms with Crippen molar-refractivity contribution in [2.24, 2.45) is 0 Å². The number of hydrogen-bond donors (Lipinski definition) is 2. The summed E-state index contributed by atoms with van der Waals surface area (Å²) in [6, 6.07) is 11.7. The monoisotopic (exact) mass is 388 g/mol. The quantitative estimate of drug-likeness (QED) is 0.693. The molecule has 3 rings (SSSR count). The van der Waals surface area contributed by atoms with Crippen LogP contribution < -0.4 is 10.6 Å². The van der Waals surface area contributed by atoms with Gasteiger partial charge in [0.25, 0.3) is 0 Å². The maximum absolute atomic E-state index is 13.4. The summed E-state index contributed by atoms with van der Waals surface area (Å²) < 4.78 is 14.3. The van der Waals surface area contributed by atoms with Crippen molar-refractivity contribution in [3.05, 3.63) is 59.1 Å². The Bertz CT molecular complexity index is 870. The molecule has 0 radical (unpaired) electrons. The van der Waals surface area contributed by atoms with Gasteiger partial charge in [-0.15, -0.1) is 0 Å². The lowest BCUT2D eigenvalue weighted by Crippen LogP contribution is -2.16. The van der Waals surface area contributed by atoms with E-state index >= 15 is 0 Å². The Hall–Kier alpha value is -2.54. The second-order valence-electron chi connectivity index (χ2n) is 5.12. The highest BCUT2D eigenvalue weighted by Crippen LogP contribution is 2.20. The van der Waals surface area contributed by atoms with Crippen molar-refractivity contribution < 1.29 is 9.18 Å². The molecule has 1 heterocycles. The van der Waals surface area contributed by atoms with Gasteiger partial charge >= 0.3 is 0 Å². The minimum atomic E-state index is -0.353. The van der Waals surface area contributed by atoms with E-state index in [1.54, 1.807) is 6.07 Å². The van der Waals surface area contributed by atoms with E-state index in [4.69, 9.17) is 0 Å². The summed E-state index contributed by atoms with van der Waals surface area (Å²) in [4.78, 5) is 20.2. The van der Waals surface area contributed by atoms with Gasteiger partial charge in [-0.1, -0.05) is 15.9 Å². The minimum Gasteiger partial charge on any atom is -0.369 e. The molecule has 0 atom stereocenters. The number of aromatic nitrogens is 2. The van der Waals surface area contributed by atoms with Gasteiger partial charge in [-0.05, 0) is 42.5 Å². The number of carbonyl (C=O) groups excluding carboxylic acids is 1. The van der Waals surface area contributed by atoms with Gasteiger partial charge < -0.3 is 10.6 Å². The number of nitrogens with zero attached hydrogens (tertiary/aromatic N) is 2. The van der Waals surface area contributed by atoms with Crippen LogP contribution in [0.1, 0.15) is 6.42 Å². The molecule has 0 bridgehead atoms. The molecule has 24 heavy (non-hydrogen) atoms. The highest BCUT2D eigenvalue weighted by molar-refractivity contribution is 9.10. The number of nitrogens with one attached hydrogen (secondary N) is 2. The van der Waals surface area contributed by atoms with Crippen molar-refractivity contribution in [3.8, 4) is 0 Å². The van der Waals surface area contributed by atoms with Gasteiger partial charge in [0.2, 0.25) is 5.91 Å². The summed E-state index contributed by atoms with van der Waals surface area (Å²) in [7, 11) is 0. The van der Waals surface area contributed by atoms with Crippen LogP contribution in [-0.2, 0) is 4.79 Å². The van der Waals surface area contributed by atoms with E-state index in [-0.39, 0.29) is 18.1 Å². The van der Waals surface area contributed by atoms with Gasteiger partial charge in [0.15, 0.2) is 0 Å². The van der Waals surface area contributed by atoms with Crippen molar-refractivity contribution >= 4 is 44.2 Å². The summed E-state index contributed by atoms with van der Waals surface area (Å²) in [5.74, 6) is 0.0404. The smallest absolute Gasteiger partial charge is 0.226 e. The third kappa shape index (κ3) is 4.05. The summed E-state index contributed by atoms with van der Waals surface area (Å²) in [5, 5.41) is 6.45. The Labute approximate surface area is 146 Å². The molecule has 0 fully saturated rings. The van der Waals surface area contributed by atoms with Crippen LogP contribution in [0.4, 0.5) is 15.9 Å². The predicted molar refractivity (Wildman–Crippen MR) is 95.4 cm³/mol. The lowest BCUT2D eigenvalue weighted by Gasteiger charge is -2.09. The average molecular weight is 389 g/mol. The molecule has 0 aliphatic carbocycles. The number of halogens is 2. The summed E-state index contributed by atoms with van der Waals surface area (Å²) in [5.41, 5.74) is 1.38. The molecule has 2 aromatic carbocycles. The minimum absolute atomic E-state index is 0.116. The van der Waals surface area contributed by atoms with Crippen LogP contribution in [0.25, 0.3) is 10.9 Å². The van der Waals surface area contributed by atoms with Crippen LogP contribution in [0.15, 0.2) is 53.3 Å². The van der Waals surface area contributed by atoms with Gasteiger partial charge in [0.05, 0.1) is 5.52 Å². The number of carbonyl (C=O) groups is 1. The largest absolute Gasteiger partial charge is 0.369 e. The van der Waals surface area contributed by atoms with Crippen molar-refractivity contribution in [1.29, 1.82) is 0 Å². The fourth-order valence-electron chi connectivity index (χ4n) is 2.22. The summed E-state index contributed by atoms with van der Waals surface area (Å²) in [6.45, 7) is 0.380. The molecule has 5 nitrogen and oxygen atoms in total. The molecule has 122 valence electrons. The maximum Gasteiger partial charge on any atom is 0.226 e. The second kappa shape index (κ2) is 7.35. The number of fused-ring (bicyclic) bond motifs is 1. The van der Waals surface area contributed by atoms with Gasteiger partial charge in [-0.3, -0.25) is 4.79 Å². The highest BCUT2D eigenvalue weighted by atomic mass is 79.9. The molecule has 0 spiro atoms. The van der Waals surface area contributed by atoms with E-state index in [1.165, 1.54) is 18.5 Å². The lowest BCUT2D eigenvalue weighted by molar-refractivity contribution is -0.115. The molecule has 0 unspecified atom stereocenters. The number of hydrogen-bond acceptors (Lipinski definition) is 4. The van der Waals surface area contributed by atoms with Crippen molar-refractivity contribution in [2.45, 2.75) is 6.42 Å². The van der Waals surface area contributed by atoms with Crippen LogP contribution in [0.5, 0.6) is 0 Å². The van der Waals surface area contributed by atoms with E-state index in [0.717, 1.165) is 10.2 Å². The highest BCUT2D eigenvalue weighted by Gasteiger charge is 2.06. The zero-order chi connectivity index (χ0) is 16.9. The summed E-state index contributed by atoms with van der Waals surface area (Å²) >= 11 is 3.34. The van der Waals surface area contributed by atoms with Gasteiger partial charge in [0, 0.05) is 28.5 Å². The van der Waals surface area contributed by atoms with Crippen LogP contribution in [-0.4, -0.2) is 22.4 Å². The Morgan fingerprint density at radius 1 is 1.12 bits per heavy atom. The molecule has 0 saturated carbocycles. The van der Waals surface area contributed by atoms with E-state index in [9.17, 15) is 9.18 Å². The zero-order valence-corrected chi connectivity index (χ0v) is 14.2. The maximum atomic E-state index is 13.4. The molecule has 1 amide bonds. The number of rotatable bonds is 5. The van der Waals surface area contributed by atoms with Crippen LogP contribution in [0, 0.1) is 5.82 Å². The molecule has 2 N–H and O–H groups in total. The van der Waals surface area contributed by atoms with Crippen LogP contribution in [0.2, 0.25) is 0 Å². The normalized spacial score (nSPS) is 10.6. The molecule has 7 heteroatoms. The third-order valence-corrected chi connectivity index (χ3v) is 3.90. The standard InChI is InChI=1S/C17H14BrFN4O/c18-11-1-4-13(5-2-11)23-16(24)7-8-20-17-14-9-12(19)3-6-15(14)21-10-22-17/h1-6,9-10H,7-8H2,(H,23,24)(H,20,21,22). The second-order valence-corrected chi connectivity index (χ2v) is 6.03. The Balaban J connectivity index is 1.59. The first-order valence-electron chi connectivity index (χ1n) is 7.31. The van der Waals surface area contributed by atoms with Gasteiger partial charge in [-0.2, -0.15) is 0 Å². The Kier molecular flexibility index (Phi) is 5.00. The van der Waals surface area contributed by atoms with Crippen LogP contribution >= 0.6 is 15.9 Å². The third-order valence-electron chi connectivity index (χ3n) is 3.37. The number of benzene rings is 2. The molecule has 0 aliphatic rings. The molecule has 0 saturated heterocycles. The fraction of sp³-hybridized carbons (Fsp3) is 0.118. The topological polar surface area (TPSA) is 66.9 Å². The number of anilines is 2. The number of amides is 1. The molecule has 3 aromatic rings. The average Bonchev–Trinajstić information content (AvgIpc) is 2.57. The lowest BCUT2D eigenvalue weighted by atomic mass is 10.2. The SMILES string of the molecule is O=C(CCNc1ncnc2ccc(F)cc12)Nc1ccc(Br)cc1. The van der Waals surface area contributed by atoms with E-state index in [2.05, 4.69) is 36.5 Å². The van der Waals surface area contributed by atoms with Crippen molar-refractivity contribution in [3.63, 3.8) is 0 Å². The van der Waals surface area contributed by atoms with E-state index in [0.29, 0.717) is 23.3 Å². The predicted octanol–water partition coefficient (Wildman–Crippen LogP) is 3.97. The molecule has 1 aromatic heterocycles. The Morgan fingerprint density at radius 2 is 1.92 bits per heavy atom. The van der Waals surface area contributed by atoms with Gasteiger partial charge in [-0.25, -0.2) is 14.4 Å². The van der Waals surface area contributed by atoms with Crippen LogP contribution in [0.3, 0.4) is 0 Å². The van der Waals surface area contributed by atoms with E-state index in [1.807, 2.05) is 24.3 Å². The first-order valence-corrected chi connectivity index (χ1v) is 8.11. The summed E-state index contributed by atoms with van der Waals surface area (Å²) in [6.07, 6.45) is 1.67. The first-order chi connectivity index (χ1) is 11.6. The molecule has 0 aliphatic heterocycles. The zero-order valence-electron chi connectivity index (χ0n) is 12.6. The van der Waals surface area contributed by atoms with Crippen molar-refractivity contribution in [1.82, 2.24) is 9.97 Å². The fourth-order valence-corrected chi connectivity index (χ4v) is 2.49. The molecular formula is C17H14BrFN4O.